The lowest BCUT2D eigenvalue weighted by Gasteiger charge is -2.14. The van der Waals surface area contributed by atoms with Gasteiger partial charge in [-0.15, -0.1) is 0 Å². The summed E-state index contributed by atoms with van der Waals surface area (Å²) in [5.74, 6) is 0.0829. The molecule has 0 saturated carbocycles. The number of nitro groups is 1. The van der Waals surface area contributed by atoms with E-state index in [-0.39, 0.29) is 11.6 Å². The Morgan fingerprint density at radius 3 is 2.71 bits per heavy atom. The second-order valence-electron chi connectivity index (χ2n) is 5.57. The van der Waals surface area contributed by atoms with E-state index >= 15 is 0 Å². The third-order valence-electron chi connectivity index (χ3n) is 3.87. The number of non-ortho nitro benzene ring substituents is 1. The fraction of sp³-hybridized carbons (Fsp3) is 0.211. The summed E-state index contributed by atoms with van der Waals surface area (Å²) < 4.78 is 0. The Hall–Kier alpha value is -2.95. The normalized spacial score (nSPS) is 12.1. The molecule has 124 valence electrons. The van der Waals surface area contributed by atoms with Gasteiger partial charge in [0.15, 0.2) is 0 Å². The Bertz CT molecular complexity index is 769. The summed E-state index contributed by atoms with van der Waals surface area (Å²) in [5, 5.41) is 13.6. The Morgan fingerprint density at radius 2 is 2.00 bits per heavy atom. The van der Waals surface area contributed by atoms with Crippen LogP contribution in [-0.4, -0.2) is 10.8 Å². The van der Waals surface area contributed by atoms with Crippen molar-refractivity contribution in [1.82, 2.24) is 0 Å². The number of para-hydroxylation sites is 1. The minimum atomic E-state index is -0.459. The van der Waals surface area contributed by atoms with Crippen LogP contribution in [0, 0.1) is 10.1 Å². The summed E-state index contributed by atoms with van der Waals surface area (Å²) in [6.45, 7) is 4.22. The highest BCUT2D eigenvalue weighted by molar-refractivity contribution is 6.02. The van der Waals surface area contributed by atoms with Crippen molar-refractivity contribution in [2.75, 3.05) is 5.32 Å². The maximum atomic E-state index is 12.1. The first kappa shape index (κ1) is 17.4. The van der Waals surface area contributed by atoms with E-state index in [9.17, 15) is 14.9 Å². The second kappa shape index (κ2) is 8.06. The lowest BCUT2D eigenvalue weighted by atomic mass is 9.97. The standard InChI is InChI=1S/C19H20N2O3/c1-3-14(2)17-9-4-5-10-18(17)20-19(22)12-11-15-7-6-8-16(13-15)21(23)24/h4-14H,3H2,1-2H3,(H,20,22)/b12-11+. The fourth-order valence-electron chi connectivity index (χ4n) is 2.35. The maximum absolute atomic E-state index is 12.1. The molecule has 0 saturated heterocycles. The van der Waals surface area contributed by atoms with Crippen LogP contribution >= 0.6 is 0 Å². The zero-order valence-corrected chi connectivity index (χ0v) is 13.7. The van der Waals surface area contributed by atoms with Crippen LogP contribution in [0.1, 0.15) is 37.3 Å². The minimum absolute atomic E-state index is 0.000302. The first-order valence-electron chi connectivity index (χ1n) is 7.83. The Kier molecular flexibility index (Phi) is 5.84. The number of anilines is 1. The third kappa shape index (κ3) is 4.52. The molecule has 1 N–H and O–H groups in total. The molecule has 0 spiro atoms. The van der Waals surface area contributed by atoms with Crippen LogP contribution in [0.3, 0.4) is 0 Å². The molecular formula is C19H20N2O3. The zero-order chi connectivity index (χ0) is 17.5. The van der Waals surface area contributed by atoms with E-state index in [2.05, 4.69) is 19.2 Å². The highest BCUT2D eigenvalue weighted by Gasteiger charge is 2.10. The van der Waals surface area contributed by atoms with Crippen molar-refractivity contribution in [3.63, 3.8) is 0 Å². The van der Waals surface area contributed by atoms with Crippen LogP contribution in [0.4, 0.5) is 11.4 Å². The van der Waals surface area contributed by atoms with Crippen LogP contribution < -0.4 is 5.32 Å². The van der Waals surface area contributed by atoms with Gasteiger partial charge in [-0.25, -0.2) is 0 Å². The van der Waals surface area contributed by atoms with Crippen LogP contribution in [0.15, 0.2) is 54.6 Å². The number of nitrogens with zero attached hydrogens (tertiary/aromatic N) is 1. The van der Waals surface area contributed by atoms with Crippen molar-refractivity contribution in [2.24, 2.45) is 0 Å². The van der Waals surface area contributed by atoms with Crippen molar-refractivity contribution in [3.8, 4) is 0 Å². The zero-order valence-electron chi connectivity index (χ0n) is 13.7. The molecule has 0 radical (unpaired) electrons. The van der Waals surface area contributed by atoms with Gasteiger partial charge in [0.1, 0.15) is 0 Å². The summed E-state index contributed by atoms with van der Waals surface area (Å²) in [7, 11) is 0. The number of benzene rings is 2. The molecular weight excluding hydrogens is 304 g/mol. The molecule has 0 aromatic heterocycles. The van der Waals surface area contributed by atoms with Crippen LogP contribution in [0.2, 0.25) is 0 Å². The van der Waals surface area contributed by atoms with Crippen molar-refractivity contribution >= 4 is 23.4 Å². The molecule has 0 heterocycles. The van der Waals surface area contributed by atoms with Gasteiger partial charge in [-0.3, -0.25) is 14.9 Å². The number of carbonyl (C=O) groups excluding carboxylic acids is 1. The van der Waals surface area contributed by atoms with E-state index in [4.69, 9.17) is 0 Å². The summed E-state index contributed by atoms with van der Waals surface area (Å²) in [6, 6.07) is 13.9. The Morgan fingerprint density at radius 1 is 1.25 bits per heavy atom. The first-order valence-corrected chi connectivity index (χ1v) is 7.83. The molecule has 2 rings (SSSR count). The first-order chi connectivity index (χ1) is 11.5. The average molecular weight is 324 g/mol. The van der Waals surface area contributed by atoms with Crippen LogP contribution in [0.25, 0.3) is 6.08 Å². The van der Waals surface area contributed by atoms with E-state index in [1.54, 1.807) is 18.2 Å². The largest absolute Gasteiger partial charge is 0.322 e. The number of rotatable bonds is 6. The molecule has 1 atom stereocenters. The molecule has 5 nitrogen and oxygen atoms in total. The minimum Gasteiger partial charge on any atom is -0.322 e. The summed E-state index contributed by atoms with van der Waals surface area (Å²) in [5.41, 5.74) is 2.49. The van der Waals surface area contributed by atoms with Gasteiger partial charge in [-0.05, 0) is 35.6 Å². The van der Waals surface area contributed by atoms with Gasteiger partial charge in [-0.1, -0.05) is 44.2 Å². The van der Waals surface area contributed by atoms with E-state index in [0.29, 0.717) is 11.5 Å². The molecule has 1 unspecified atom stereocenters. The number of hydrogen-bond donors (Lipinski definition) is 1. The predicted molar refractivity (Wildman–Crippen MR) is 95.9 cm³/mol. The van der Waals surface area contributed by atoms with Gasteiger partial charge in [0.25, 0.3) is 5.69 Å². The van der Waals surface area contributed by atoms with E-state index in [0.717, 1.165) is 17.7 Å². The van der Waals surface area contributed by atoms with Gasteiger partial charge in [0, 0.05) is 23.9 Å². The molecule has 5 heteroatoms. The van der Waals surface area contributed by atoms with Gasteiger partial charge >= 0.3 is 0 Å². The molecule has 2 aromatic rings. The SMILES string of the molecule is CCC(C)c1ccccc1NC(=O)/C=C/c1cccc([N+](=O)[O-])c1. The maximum Gasteiger partial charge on any atom is 0.270 e. The number of nitro benzene ring substituents is 1. The van der Waals surface area contributed by atoms with Crippen molar-refractivity contribution < 1.29 is 9.72 Å². The number of nitrogens with one attached hydrogen (secondary N) is 1. The highest BCUT2D eigenvalue weighted by Crippen LogP contribution is 2.26. The Labute approximate surface area is 141 Å². The topological polar surface area (TPSA) is 72.2 Å². The molecule has 0 fully saturated rings. The quantitative estimate of drug-likeness (QED) is 0.473. The second-order valence-corrected chi connectivity index (χ2v) is 5.57. The van der Waals surface area contributed by atoms with Gasteiger partial charge in [0.05, 0.1) is 4.92 Å². The smallest absolute Gasteiger partial charge is 0.270 e. The lowest BCUT2D eigenvalue weighted by molar-refractivity contribution is -0.384. The molecule has 0 bridgehead atoms. The molecule has 24 heavy (non-hydrogen) atoms. The van der Waals surface area contributed by atoms with E-state index in [1.165, 1.54) is 18.2 Å². The number of carbonyl (C=O) groups is 1. The van der Waals surface area contributed by atoms with Gasteiger partial charge < -0.3 is 5.32 Å². The van der Waals surface area contributed by atoms with Crippen molar-refractivity contribution in [2.45, 2.75) is 26.2 Å². The lowest BCUT2D eigenvalue weighted by Crippen LogP contribution is -2.10. The summed E-state index contributed by atoms with van der Waals surface area (Å²) in [6.07, 6.45) is 3.93. The molecule has 0 aliphatic heterocycles. The molecule has 1 amide bonds. The summed E-state index contributed by atoms with van der Waals surface area (Å²) in [4.78, 5) is 22.4. The van der Waals surface area contributed by atoms with Crippen LogP contribution in [-0.2, 0) is 4.79 Å². The monoisotopic (exact) mass is 324 g/mol. The third-order valence-corrected chi connectivity index (χ3v) is 3.87. The van der Waals surface area contributed by atoms with Crippen LogP contribution in [0.5, 0.6) is 0 Å². The number of amides is 1. The molecule has 0 aliphatic carbocycles. The fourth-order valence-corrected chi connectivity index (χ4v) is 2.35. The Balaban J connectivity index is 2.11. The summed E-state index contributed by atoms with van der Waals surface area (Å²) >= 11 is 0. The molecule has 0 aliphatic rings. The average Bonchev–Trinajstić information content (AvgIpc) is 2.60. The van der Waals surface area contributed by atoms with Gasteiger partial charge in [0.2, 0.25) is 5.91 Å². The van der Waals surface area contributed by atoms with Gasteiger partial charge in [-0.2, -0.15) is 0 Å². The van der Waals surface area contributed by atoms with E-state index < -0.39 is 4.92 Å². The van der Waals surface area contributed by atoms with E-state index in [1.807, 2.05) is 24.3 Å². The highest BCUT2D eigenvalue weighted by atomic mass is 16.6. The molecule has 2 aromatic carbocycles. The predicted octanol–water partition coefficient (Wildman–Crippen LogP) is 4.76. The van der Waals surface area contributed by atoms with Crippen molar-refractivity contribution in [1.29, 1.82) is 0 Å². The number of hydrogen-bond acceptors (Lipinski definition) is 3. The van der Waals surface area contributed by atoms with Crippen molar-refractivity contribution in [3.05, 3.63) is 75.8 Å².